The van der Waals surface area contributed by atoms with Gasteiger partial charge in [-0.25, -0.2) is 4.39 Å². The quantitative estimate of drug-likeness (QED) is 0.857. The predicted molar refractivity (Wildman–Crippen MR) is 58.2 cm³/mol. The largest absolute Gasteiger partial charge is 0.496 e. The summed E-state index contributed by atoms with van der Waals surface area (Å²) in [4.78, 5) is 10.7. The van der Waals surface area contributed by atoms with Crippen molar-refractivity contribution >= 4 is 5.97 Å². The van der Waals surface area contributed by atoms with Crippen LogP contribution in [0.2, 0.25) is 0 Å². The minimum absolute atomic E-state index is 0.130. The lowest BCUT2D eigenvalue weighted by molar-refractivity contribution is -0.141. The summed E-state index contributed by atoms with van der Waals surface area (Å²) in [5.41, 5.74) is 1.07. The van der Waals surface area contributed by atoms with Crippen LogP contribution in [-0.4, -0.2) is 18.2 Å². The van der Waals surface area contributed by atoms with Crippen molar-refractivity contribution in [3.63, 3.8) is 0 Å². The molecule has 3 nitrogen and oxygen atoms in total. The van der Waals surface area contributed by atoms with E-state index in [1.807, 2.05) is 0 Å². The molecule has 16 heavy (non-hydrogen) atoms. The third-order valence-corrected chi connectivity index (χ3v) is 2.45. The Bertz CT molecular complexity index is 401. The van der Waals surface area contributed by atoms with E-state index in [1.54, 1.807) is 19.9 Å². The number of rotatable bonds is 4. The van der Waals surface area contributed by atoms with Gasteiger partial charge < -0.3 is 9.84 Å². The maximum Gasteiger partial charge on any atom is 0.306 e. The van der Waals surface area contributed by atoms with Gasteiger partial charge in [-0.3, -0.25) is 4.79 Å². The molecule has 0 saturated carbocycles. The number of methoxy groups -OCH3 is 1. The standard InChI is InChI=1S/C12H15FO3/c1-7-4-10(13)9(11(5-7)16-3)6-8(2)12(14)15/h4-5,8H,6H2,1-3H3,(H,14,15). The molecule has 1 aromatic rings. The number of halogens is 1. The van der Waals surface area contributed by atoms with Gasteiger partial charge in [0.15, 0.2) is 0 Å². The fourth-order valence-corrected chi connectivity index (χ4v) is 1.51. The molecule has 0 bridgehead atoms. The molecule has 0 fully saturated rings. The third-order valence-electron chi connectivity index (χ3n) is 2.45. The van der Waals surface area contributed by atoms with Crippen molar-refractivity contribution in [2.75, 3.05) is 7.11 Å². The monoisotopic (exact) mass is 226 g/mol. The van der Waals surface area contributed by atoms with Crippen molar-refractivity contribution in [3.8, 4) is 5.75 Å². The Balaban J connectivity index is 3.07. The fraction of sp³-hybridized carbons (Fsp3) is 0.417. The van der Waals surface area contributed by atoms with Crippen molar-refractivity contribution in [2.45, 2.75) is 20.3 Å². The summed E-state index contributed by atoms with van der Waals surface area (Å²) in [6.07, 6.45) is 0.130. The zero-order valence-corrected chi connectivity index (χ0v) is 9.58. The van der Waals surface area contributed by atoms with Crippen LogP contribution in [-0.2, 0) is 11.2 Å². The number of hydrogen-bond acceptors (Lipinski definition) is 2. The first-order chi connectivity index (χ1) is 7.45. The summed E-state index contributed by atoms with van der Waals surface area (Å²) >= 11 is 0. The molecule has 88 valence electrons. The van der Waals surface area contributed by atoms with Crippen LogP contribution < -0.4 is 4.74 Å². The minimum atomic E-state index is -0.943. The van der Waals surface area contributed by atoms with E-state index in [-0.39, 0.29) is 6.42 Å². The predicted octanol–water partition coefficient (Wildman–Crippen LogP) is 2.41. The van der Waals surface area contributed by atoms with E-state index >= 15 is 0 Å². The topological polar surface area (TPSA) is 46.5 Å². The van der Waals surface area contributed by atoms with E-state index in [4.69, 9.17) is 9.84 Å². The average molecular weight is 226 g/mol. The van der Waals surface area contributed by atoms with Crippen molar-refractivity contribution in [1.29, 1.82) is 0 Å². The van der Waals surface area contributed by atoms with Gasteiger partial charge in [0.25, 0.3) is 0 Å². The van der Waals surface area contributed by atoms with Gasteiger partial charge in [-0.15, -0.1) is 0 Å². The number of carboxylic acid groups (broad SMARTS) is 1. The van der Waals surface area contributed by atoms with Gasteiger partial charge in [0.05, 0.1) is 13.0 Å². The Morgan fingerprint density at radius 2 is 2.19 bits per heavy atom. The number of ether oxygens (including phenoxy) is 1. The third kappa shape index (κ3) is 2.72. The summed E-state index contributed by atoms with van der Waals surface area (Å²) in [7, 11) is 1.45. The highest BCUT2D eigenvalue weighted by atomic mass is 19.1. The van der Waals surface area contributed by atoms with Crippen LogP contribution in [0, 0.1) is 18.7 Å². The van der Waals surface area contributed by atoms with Crippen molar-refractivity contribution in [3.05, 3.63) is 29.1 Å². The molecule has 0 heterocycles. The van der Waals surface area contributed by atoms with Gasteiger partial charge in [-0.1, -0.05) is 6.92 Å². The van der Waals surface area contributed by atoms with Gasteiger partial charge in [0, 0.05) is 5.56 Å². The maximum atomic E-state index is 13.6. The van der Waals surface area contributed by atoms with Crippen molar-refractivity contribution in [1.82, 2.24) is 0 Å². The molecular weight excluding hydrogens is 211 g/mol. The first kappa shape index (κ1) is 12.5. The van der Waals surface area contributed by atoms with Crippen LogP contribution in [0.1, 0.15) is 18.1 Å². The van der Waals surface area contributed by atoms with Gasteiger partial charge >= 0.3 is 5.97 Å². The summed E-state index contributed by atoms with van der Waals surface area (Å²) in [5, 5.41) is 8.79. The van der Waals surface area contributed by atoms with Crippen LogP contribution in [0.4, 0.5) is 4.39 Å². The fourth-order valence-electron chi connectivity index (χ4n) is 1.51. The number of carbonyl (C=O) groups is 1. The molecule has 4 heteroatoms. The number of hydrogen-bond donors (Lipinski definition) is 1. The number of benzene rings is 1. The van der Waals surface area contributed by atoms with Crippen LogP contribution >= 0.6 is 0 Å². The van der Waals surface area contributed by atoms with E-state index in [9.17, 15) is 9.18 Å². The first-order valence-corrected chi connectivity index (χ1v) is 5.01. The Labute approximate surface area is 93.9 Å². The van der Waals surface area contributed by atoms with Crippen molar-refractivity contribution in [2.24, 2.45) is 5.92 Å². The van der Waals surface area contributed by atoms with Gasteiger partial charge in [0.2, 0.25) is 0 Å². The number of aryl methyl sites for hydroxylation is 1. The smallest absolute Gasteiger partial charge is 0.306 e. The first-order valence-electron chi connectivity index (χ1n) is 5.01. The average Bonchev–Trinajstić information content (AvgIpc) is 2.21. The molecule has 0 aromatic heterocycles. The lowest BCUT2D eigenvalue weighted by Crippen LogP contribution is -2.14. The molecule has 1 rings (SSSR count). The summed E-state index contributed by atoms with van der Waals surface area (Å²) in [6.45, 7) is 3.30. The maximum absolute atomic E-state index is 13.6. The lowest BCUT2D eigenvalue weighted by atomic mass is 9.99. The highest BCUT2D eigenvalue weighted by Gasteiger charge is 2.18. The molecule has 0 aliphatic rings. The van der Waals surface area contributed by atoms with E-state index < -0.39 is 17.7 Å². The van der Waals surface area contributed by atoms with E-state index in [2.05, 4.69) is 0 Å². The Hall–Kier alpha value is -1.58. The summed E-state index contributed by atoms with van der Waals surface area (Å²) in [5.74, 6) is -1.58. The molecule has 0 spiro atoms. The van der Waals surface area contributed by atoms with Crippen LogP contribution in [0.3, 0.4) is 0 Å². The van der Waals surface area contributed by atoms with Crippen LogP contribution in [0.25, 0.3) is 0 Å². The van der Waals surface area contributed by atoms with E-state index in [0.29, 0.717) is 11.3 Å². The molecule has 1 atom stereocenters. The second kappa shape index (κ2) is 4.96. The van der Waals surface area contributed by atoms with Gasteiger partial charge in [-0.2, -0.15) is 0 Å². The highest BCUT2D eigenvalue weighted by Crippen LogP contribution is 2.26. The molecule has 1 N–H and O–H groups in total. The van der Waals surface area contributed by atoms with Gasteiger partial charge in [-0.05, 0) is 31.0 Å². The SMILES string of the molecule is COc1cc(C)cc(F)c1CC(C)C(=O)O. The molecule has 0 radical (unpaired) electrons. The second-order valence-electron chi connectivity index (χ2n) is 3.87. The second-order valence-corrected chi connectivity index (χ2v) is 3.87. The summed E-state index contributed by atoms with van der Waals surface area (Å²) < 4.78 is 18.7. The molecule has 1 unspecified atom stereocenters. The lowest BCUT2D eigenvalue weighted by Gasteiger charge is -2.12. The number of aliphatic carboxylic acids is 1. The minimum Gasteiger partial charge on any atom is -0.496 e. The molecule has 0 aliphatic carbocycles. The molecule has 0 saturated heterocycles. The summed E-state index contributed by atoms with van der Waals surface area (Å²) in [6, 6.07) is 3.08. The zero-order chi connectivity index (χ0) is 12.3. The van der Waals surface area contributed by atoms with Gasteiger partial charge in [0.1, 0.15) is 11.6 Å². The van der Waals surface area contributed by atoms with Crippen LogP contribution in [0.15, 0.2) is 12.1 Å². The molecular formula is C12H15FO3. The van der Waals surface area contributed by atoms with E-state index in [0.717, 1.165) is 5.56 Å². The Morgan fingerprint density at radius 3 is 2.69 bits per heavy atom. The van der Waals surface area contributed by atoms with E-state index in [1.165, 1.54) is 13.2 Å². The highest BCUT2D eigenvalue weighted by molar-refractivity contribution is 5.70. The Kier molecular flexibility index (Phi) is 3.88. The normalized spacial score (nSPS) is 12.2. The van der Waals surface area contributed by atoms with Crippen molar-refractivity contribution < 1.29 is 19.0 Å². The molecule has 0 amide bonds. The Morgan fingerprint density at radius 1 is 1.56 bits per heavy atom. The molecule has 1 aromatic carbocycles. The number of carboxylic acids is 1. The molecule has 0 aliphatic heterocycles. The zero-order valence-electron chi connectivity index (χ0n) is 9.58. The van der Waals surface area contributed by atoms with Crippen LogP contribution in [0.5, 0.6) is 5.75 Å².